The monoisotopic (exact) mass is 274 g/mol. The number of nitrogens with one attached hydrogen (secondary N) is 1. The second-order valence-electron chi connectivity index (χ2n) is 5.37. The summed E-state index contributed by atoms with van der Waals surface area (Å²) in [6, 6.07) is 2.72. The lowest BCUT2D eigenvalue weighted by Gasteiger charge is -2.15. The summed E-state index contributed by atoms with van der Waals surface area (Å²) in [5.74, 6) is 0. The molecule has 0 aliphatic rings. The largest absolute Gasteiger partial charge is 0.354 e. The van der Waals surface area contributed by atoms with E-state index in [9.17, 15) is 0 Å². The number of rotatable bonds is 8. The summed E-state index contributed by atoms with van der Waals surface area (Å²) in [4.78, 5) is 0. The van der Waals surface area contributed by atoms with Crippen LogP contribution in [0.5, 0.6) is 0 Å². The minimum atomic E-state index is 0.481. The molecular weight excluding hydrogens is 248 g/mol. The van der Waals surface area contributed by atoms with Crippen LogP contribution in [0.2, 0.25) is 0 Å². The van der Waals surface area contributed by atoms with Crippen LogP contribution in [-0.4, -0.2) is 20.9 Å². The van der Waals surface area contributed by atoms with Crippen LogP contribution in [0.4, 0.5) is 0 Å². The Bertz CT molecular complexity index is 512. The quantitative estimate of drug-likeness (QED) is 0.803. The molecule has 0 radical (unpaired) electrons. The number of hydrogen-bond acceptors (Lipinski definition) is 2. The average molecular weight is 274 g/mol. The molecule has 20 heavy (non-hydrogen) atoms. The lowest BCUT2D eigenvalue weighted by atomic mass is 10.1. The zero-order valence-corrected chi connectivity index (χ0v) is 12.8. The Morgan fingerprint density at radius 2 is 2.15 bits per heavy atom. The van der Waals surface area contributed by atoms with Crippen molar-refractivity contribution in [3.8, 4) is 0 Å². The van der Waals surface area contributed by atoms with Gasteiger partial charge in [-0.1, -0.05) is 13.8 Å². The lowest BCUT2D eigenvalue weighted by molar-refractivity contribution is 0.517. The van der Waals surface area contributed by atoms with E-state index in [-0.39, 0.29) is 0 Å². The predicted octanol–water partition coefficient (Wildman–Crippen LogP) is 2.92. The van der Waals surface area contributed by atoms with E-state index in [0.29, 0.717) is 6.04 Å². The molecule has 1 N–H and O–H groups in total. The Kier molecular flexibility index (Phi) is 5.41. The normalized spacial score (nSPS) is 12.8. The Balaban J connectivity index is 1.90. The first-order valence-corrected chi connectivity index (χ1v) is 7.59. The molecule has 4 heteroatoms. The first-order chi connectivity index (χ1) is 9.72. The maximum absolute atomic E-state index is 4.21. The van der Waals surface area contributed by atoms with E-state index >= 15 is 0 Å². The van der Waals surface area contributed by atoms with Gasteiger partial charge in [0.15, 0.2) is 0 Å². The number of nitrogens with zero attached hydrogens (tertiary/aromatic N) is 3. The number of aryl methyl sites for hydroxylation is 3. The standard InChI is InChI=1S/C16H26N4/c1-4-8-17-16(5-2)15-7-10-20(13-15)9-6-14-11-18-19(3)12-14/h7,10-13,16-17H,4-6,8-9H2,1-3H3. The SMILES string of the molecule is CCCNC(CC)c1ccn(CCc2cnn(C)c2)c1. The average Bonchev–Trinajstić information content (AvgIpc) is 3.07. The minimum absolute atomic E-state index is 0.481. The summed E-state index contributed by atoms with van der Waals surface area (Å²) in [6.07, 6.45) is 11.8. The van der Waals surface area contributed by atoms with E-state index in [2.05, 4.69) is 53.5 Å². The van der Waals surface area contributed by atoms with Gasteiger partial charge >= 0.3 is 0 Å². The fraction of sp³-hybridized carbons (Fsp3) is 0.562. The van der Waals surface area contributed by atoms with Gasteiger partial charge in [-0.15, -0.1) is 0 Å². The van der Waals surface area contributed by atoms with Gasteiger partial charge in [0.25, 0.3) is 0 Å². The van der Waals surface area contributed by atoms with Crippen molar-refractivity contribution in [2.75, 3.05) is 6.54 Å². The molecule has 0 spiro atoms. The van der Waals surface area contributed by atoms with E-state index in [1.54, 1.807) is 0 Å². The third kappa shape index (κ3) is 3.97. The zero-order valence-electron chi connectivity index (χ0n) is 12.8. The number of hydrogen-bond donors (Lipinski definition) is 1. The van der Waals surface area contributed by atoms with E-state index in [0.717, 1.165) is 25.9 Å². The minimum Gasteiger partial charge on any atom is -0.354 e. The Morgan fingerprint density at radius 1 is 1.30 bits per heavy atom. The molecule has 0 saturated carbocycles. The van der Waals surface area contributed by atoms with Gasteiger partial charge in [-0.25, -0.2) is 0 Å². The molecule has 0 aromatic carbocycles. The van der Waals surface area contributed by atoms with Crippen molar-refractivity contribution in [2.24, 2.45) is 7.05 Å². The fourth-order valence-corrected chi connectivity index (χ4v) is 2.48. The highest BCUT2D eigenvalue weighted by atomic mass is 15.2. The van der Waals surface area contributed by atoms with Crippen molar-refractivity contribution < 1.29 is 0 Å². The van der Waals surface area contributed by atoms with Gasteiger partial charge in [-0.2, -0.15) is 5.10 Å². The van der Waals surface area contributed by atoms with Gasteiger partial charge in [-0.3, -0.25) is 4.68 Å². The van der Waals surface area contributed by atoms with Crippen LogP contribution in [0.1, 0.15) is 43.9 Å². The van der Waals surface area contributed by atoms with E-state index in [1.165, 1.54) is 17.5 Å². The van der Waals surface area contributed by atoms with Crippen LogP contribution in [0.3, 0.4) is 0 Å². The van der Waals surface area contributed by atoms with Crippen molar-refractivity contribution in [3.05, 3.63) is 42.0 Å². The summed E-state index contributed by atoms with van der Waals surface area (Å²) in [6.45, 7) is 6.54. The van der Waals surface area contributed by atoms with Crippen molar-refractivity contribution in [3.63, 3.8) is 0 Å². The summed E-state index contributed by atoms with van der Waals surface area (Å²) >= 11 is 0. The third-order valence-corrected chi connectivity index (χ3v) is 3.64. The lowest BCUT2D eigenvalue weighted by Crippen LogP contribution is -2.21. The van der Waals surface area contributed by atoms with Crippen molar-refractivity contribution >= 4 is 0 Å². The second-order valence-corrected chi connectivity index (χ2v) is 5.37. The molecule has 2 aromatic heterocycles. The summed E-state index contributed by atoms with van der Waals surface area (Å²) in [7, 11) is 1.96. The topological polar surface area (TPSA) is 34.8 Å². The van der Waals surface area contributed by atoms with Crippen LogP contribution in [0.15, 0.2) is 30.9 Å². The first kappa shape index (κ1) is 14.9. The summed E-state index contributed by atoms with van der Waals surface area (Å²) < 4.78 is 4.14. The molecule has 2 heterocycles. The predicted molar refractivity (Wildman–Crippen MR) is 82.7 cm³/mol. The maximum atomic E-state index is 4.21. The molecule has 0 aliphatic carbocycles. The molecule has 110 valence electrons. The number of aromatic nitrogens is 3. The van der Waals surface area contributed by atoms with Gasteiger partial charge in [0, 0.05) is 38.2 Å². The first-order valence-electron chi connectivity index (χ1n) is 7.59. The van der Waals surface area contributed by atoms with Crippen LogP contribution in [-0.2, 0) is 20.0 Å². The molecule has 0 aliphatic heterocycles. The Hall–Kier alpha value is -1.55. The van der Waals surface area contributed by atoms with Crippen molar-refractivity contribution in [2.45, 2.75) is 45.7 Å². The Labute approximate surface area is 121 Å². The molecule has 2 rings (SSSR count). The molecule has 4 nitrogen and oxygen atoms in total. The van der Waals surface area contributed by atoms with Gasteiger partial charge in [-0.05, 0) is 43.0 Å². The molecule has 2 aromatic rings. The van der Waals surface area contributed by atoms with Crippen molar-refractivity contribution in [1.29, 1.82) is 0 Å². The molecule has 0 amide bonds. The van der Waals surface area contributed by atoms with Gasteiger partial charge < -0.3 is 9.88 Å². The molecule has 0 saturated heterocycles. The highest BCUT2D eigenvalue weighted by molar-refractivity contribution is 5.15. The highest BCUT2D eigenvalue weighted by Gasteiger charge is 2.09. The molecule has 0 bridgehead atoms. The zero-order chi connectivity index (χ0) is 14.4. The summed E-state index contributed by atoms with van der Waals surface area (Å²) in [5, 5.41) is 7.81. The second kappa shape index (κ2) is 7.29. The molecule has 1 atom stereocenters. The third-order valence-electron chi connectivity index (χ3n) is 3.64. The van der Waals surface area contributed by atoms with E-state index < -0.39 is 0 Å². The fourth-order valence-electron chi connectivity index (χ4n) is 2.48. The maximum Gasteiger partial charge on any atom is 0.0522 e. The van der Waals surface area contributed by atoms with E-state index in [4.69, 9.17) is 0 Å². The summed E-state index contributed by atoms with van der Waals surface area (Å²) in [5.41, 5.74) is 2.69. The Morgan fingerprint density at radius 3 is 2.80 bits per heavy atom. The van der Waals surface area contributed by atoms with Crippen LogP contribution < -0.4 is 5.32 Å². The van der Waals surface area contributed by atoms with Crippen LogP contribution in [0, 0.1) is 0 Å². The van der Waals surface area contributed by atoms with Gasteiger partial charge in [0.05, 0.1) is 6.20 Å². The van der Waals surface area contributed by atoms with Crippen LogP contribution in [0.25, 0.3) is 0 Å². The van der Waals surface area contributed by atoms with E-state index in [1.807, 2.05) is 17.9 Å². The molecule has 0 fully saturated rings. The highest BCUT2D eigenvalue weighted by Crippen LogP contribution is 2.17. The van der Waals surface area contributed by atoms with Crippen LogP contribution >= 0.6 is 0 Å². The molecular formula is C16H26N4. The molecule has 1 unspecified atom stereocenters. The van der Waals surface area contributed by atoms with Crippen molar-refractivity contribution in [1.82, 2.24) is 19.7 Å². The van der Waals surface area contributed by atoms with Gasteiger partial charge in [0.2, 0.25) is 0 Å². The smallest absolute Gasteiger partial charge is 0.0522 e. The van der Waals surface area contributed by atoms with Gasteiger partial charge in [0.1, 0.15) is 0 Å².